The molecule has 1 unspecified atom stereocenters. The molecule has 0 spiro atoms. The number of nitrogens with zero attached hydrogens (tertiary/aromatic N) is 2. The number of benzene rings is 2. The van der Waals surface area contributed by atoms with Crippen molar-refractivity contribution in [3.8, 4) is 11.5 Å². The van der Waals surface area contributed by atoms with E-state index in [0.717, 1.165) is 15.8 Å². The number of furan rings is 1. The second-order valence-corrected chi connectivity index (χ2v) is 9.45. The third kappa shape index (κ3) is 3.47. The molecule has 9 heteroatoms. The number of ether oxygens (including phenoxy) is 2. The summed E-state index contributed by atoms with van der Waals surface area (Å²) in [7, 11) is 0. The minimum Gasteiger partial charge on any atom is -0.507 e. The van der Waals surface area contributed by atoms with Crippen LogP contribution in [0, 0.1) is 13.8 Å². The van der Waals surface area contributed by atoms with Crippen LogP contribution in [-0.4, -0.2) is 35.0 Å². The lowest BCUT2D eigenvalue weighted by Gasteiger charge is -2.21. The Labute approximate surface area is 204 Å². The highest BCUT2D eigenvalue weighted by molar-refractivity contribution is 7.22. The van der Waals surface area contributed by atoms with Gasteiger partial charge >= 0.3 is 5.91 Å². The number of fused-ring (bicyclic) bond motifs is 2. The van der Waals surface area contributed by atoms with Gasteiger partial charge in [-0.3, -0.25) is 14.5 Å². The Morgan fingerprint density at radius 1 is 1.03 bits per heavy atom. The third-order valence-corrected chi connectivity index (χ3v) is 7.05. The lowest BCUT2D eigenvalue weighted by molar-refractivity contribution is -0.132. The fraction of sp³-hybridized carbons (Fsp3) is 0.192. The average molecular weight is 489 g/mol. The Bertz CT molecular complexity index is 1550. The standard InChI is InChI=1S/C26H20N2O6S/c1-13-3-6-16-20(11-13)35-26(27-16)28-22(18-7-4-14(2)34-18)21(24(30)25(28)31)23(29)15-5-8-17-19(12-15)33-10-9-32-17/h3-8,11-12,22,29H,9-10H2,1-2H3. The van der Waals surface area contributed by atoms with Gasteiger partial charge in [-0.1, -0.05) is 17.4 Å². The summed E-state index contributed by atoms with van der Waals surface area (Å²) in [6.07, 6.45) is 0. The molecule has 4 heterocycles. The summed E-state index contributed by atoms with van der Waals surface area (Å²) in [6, 6.07) is 13.2. The largest absolute Gasteiger partial charge is 0.507 e. The van der Waals surface area contributed by atoms with Crippen LogP contribution in [0.2, 0.25) is 0 Å². The predicted octanol–water partition coefficient (Wildman–Crippen LogP) is 4.90. The molecule has 4 aromatic rings. The van der Waals surface area contributed by atoms with Gasteiger partial charge < -0.3 is 19.0 Å². The van der Waals surface area contributed by atoms with Crippen molar-refractivity contribution in [1.29, 1.82) is 0 Å². The molecule has 35 heavy (non-hydrogen) atoms. The number of aliphatic hydroxyl groups excluding tert-OH is 1. The first-order valence-corrected chi connectivity index (χ1v) is 11.9. The summed E-state index contributed by atoms with van der Waals surface area (Å²) in [5.41, 5.74) is 2.04. The first kappa shape index (κ1) is 21.4. The summed E-state index contributed by atoms with van der Waals surface area (Å²) >= 11 is 1.31. The zero-order valence-corrected chi connectivity index (χ0v) is 19.7. The monoisotopic (exact) mass is 488 g/mol. The molecule has 6 rings (SSSR count). The first-order valence-electron chi connectivity index (χ1n) is 11.1. The number of hydrogen-bond acceptors (Lipinski definition) is 8. The molecular weight excluding hydrogens is 468 g/mol. The molecule has 2 aromatic carbocycles. The van der Waals surface area contributed by atoms with Crippen molar-refractivity contribution >= 4 is 44.1 Å². The zero-order valence-electron chi connectivity index (χ0n) is 18.9. The van der Waals surface area contributed by atoms with Crippen molar-refractivity contribution in [2.45, 2.75) is 19.9 Å². The van der Waals surface area contributed by atoms with Gasteiger partial charge in [0.25, 0.3) is 5.78 Å². The summed E-state index contributed by atoms with van der Waals surface area (Å²) in [5, 5.41) is 11.7. The molecule has 0 radical (unpaired) electrons. The lowest BCUT2D eigenvalue weighted by atomic mass is 9.99. The highest BCUT2D eigenvalue weighted by Crippen LogP contribution is 2.45. The van der Waals surface area contributed by atoms with Gasteiger partial charge in [-0.15, -0.1) is 0 Å². The van der Waals surface area contributed by atoms with Crippen LogP contribution in [0.15, 0.2) is 58.5 Å². The molecule has 2 aliphatic heterocycles. The second kappa shape index (κ2) is 7.99. The summed E-state index contributed by atoms with van der Waals surface area (Å²) in [6.45, 7) is 4.56. The number of Topliss-reactive ketones (excluding diaryl/α,β-unsaturated/α-hetero) is 1. The van der Waals surface area contributed by atoms with E-state index < -0.39 is 17.7 Å². The number of aromatic nitrogens is 1. The van der Waals surface area contributed by atoms with Gasteiger partial charge in [-0.05, 0) is 61.9 Å². The summed E-state index contributed by atoms with van der Waals surface area (Å²) < 4.78 is 17.9. The van der Waals surface area contributed by atoms with Crippen LogP contribution >= 0.6 is 11.3 Å². The number of anilines is 1. The minimum absolute atomic E-state index is 0.0727. The minimum atomic E-state index is -0.974. The molecule has 0 saturated carbocycles. The SMILES string of the molecule is Cc1ccc2nc(N3C(=O)C(=O)C(=C(O)c4ccc5c(c4)OCCO5)C3c3ccc(C)o3)sc2c1. The number of aliphatic hydroxyl groups is 1. The Morgan fingerprint density at radius 3 is 2.60 bits per heavy atom. The number of carbonyl (C=O) groups is 2. The number of carbonyl (C=O) groups excluding carboxylic acids is 2. The quantitative estimate of drug-likeness (QED) is 0.248. The third-order valence-electron chi connectivity index (χ3n) is 6.03. The van der Waals surface area contributed by atoms with Crippen LogP contribution in [0.25, 0.3) is 16.0 Å². The van der Waals surface area contributed by atoms with Gasteiger partial charge in [-0.25, -0.2) is 4.98 Å². The van der Waals surface area contributed by atoms with E-state index in [-0.39, 0.29) is 11.3 Å². The van der Waals surface area contributed by atoms with Crippen molar-refractivity contribution in [1.82, 2.24) is 4.98 Å². The Balaban J connectivity index is 1.53. The highest BCUT2D eigenvalue weighted by atomic mass is 32.1. The van der Waals surface area contributed by atoms with Gasteiger partial charge in [0.15, 0.2) is 16.6 Å². The van der Waals surface area contributed by atoms with Gasteiger partial charge in [0.1, 0.15) is 36.5 Å². The van der Waals surface area contributed by atoms with Gasteiger partial charge in [-0.2, -0.15) is 0 Å². The molecule has 1 atom stereocenters. The molecule has 2 aromatic heterocycles. The number of amides is 1. The molecule has 0 aliphatic carbocycles. The van der Waals surface area contributed by atoms with E-state index >= 15 is 0 Å². The highest BCUT2D eigenvalue weighted by Gasteiger charge is 2.49. The van der Waals surface area contributed by atoms with Gasteiger partial charge in [0.2, 0.25) is 0 Å². The van der Waals surface area contributed by atoms with Gasteiger partial charge in [0.05, 0.1) is 15.8 Å². The number of hydrogen-bond donors (Lipinski definition) is 1. The van der Waals surface area contributed by atoms with E-state index in [2.05, 4.69) is 4.98 Å². The molecule has 0 bridgehead atoms. The maximum absolute atomic E-state index is 13.3. The zero-order chi connectivity index (χ0) is 24.3. The van der Waals surface area contributed by atoms with Crippen molar-refractivity contribution in [3.63, 3.8) is 0 Å². The normalized spacial score (nSPS) is 19.0. The summed E-state index contributed by atoms with van der Waals surface area (Å²) in [4.78, 5) is 32.6. The molecule has 176 valence electrons. The average Bonchev–Trinajstić information content (AvgIpc) is 3.54. The van der Waals surface area contributed by atoms with Crippen molar-refractivity contribution in [2.24, 2.45) is 0 Å². The fourth-order valence-corrected chi connectivity index (χ4v) is 5.46. The van der Waals surface area contributed by atoms with E-state index in [1.807, 2.05) is 25.1 Å². The lowest BCUT2D eigenvalue weighted by Crippen LogP contribution is -2.29. The molecule has 8 nitrogen and oxygen atoms in total. The number of aryl methyl sites for hydroxylation is 2. The molecular formula is C26H20N2O6S. The van der Waals surface area contributed by atoms with E-state index in [4.69, 9.17) is 13.9 Å². The Kier molecular flexibility index (Phi) is 4.89. The van der Waals surface area contributed by atoms with E-state index in [1.54, 1.807) is 37.3 Å². The van der Waals surface area contributed by atoms with Crippen molar-refractivity contribution in [3.05, 3.63) is 76.8 Å². The molecule has 2 aliphatic rings. The molecule has 1 N–H and O–H groups in total. The first-order chi connectivity index (χ1) is 16.9. The van der Waals surface area contributed by atoms with Crippen molar-refractivity contribution in [2.75, 3.05) is 18.1 Å². The number of ketones is 1. The Hall–Kier alpha value is -4.11. The predicted molar refractivity (Wildman–Crippen MR) is 130 cm³/mol. The number of thiazole rings is 1. The van der Waals surface area contributed by atoms with E-state index in [1.165, 1.54) is 16.2 Å². The van der Waals surface area contributed by atoms with Crippen LogP contribution in [0.3, 0.4) is 0 Å². The molecule has 1 saturated heterocycles. The van der Waals surface area contributed by atoms with Crippen LogP contribution in [0.1, 0.15) is 28.7 Å². The topological polar surface area (TPSA) is 102 Å². The van der Waals surface area contributed by atoms with Gasteiger partial charge in [0, 0.05) is 5.56 Å². The molecule has 1 fully saturated rings. The fourth-order valence-electron chi connectivity index (χ4n) is 4.37. The van der Waals surface area contributed by atoms with Crippen LogP contribution in [0.4, 0.5) is 5.13 Å². The smallest absolute Gasteiger partial charge is 0.302 e. The summed E-state index contributed by atoms with van der Waals surface area (Å²) in [5.74, 6) is 0.0726. The number of rotatable bonds is 3. The maximum atomic E-state index is 13.3. The second-order valence-electron chi connectivity index (χ2n) is 8.44. The maximum Gasteiger partial charge on any atom is 0.302 e. The van der Waals surface area contributed by atoms with Crippen LogP contribution in [0.5, 0.6) is 11.5 Å². The van der Waals surface area contributed by atoms with Crippen LogP contribution < -0.4 is 14.4 Å². The van der Waals surface area contributed by atoms with Crippen molar-refractivity contribution < 1.29 is 28.6 Å². The molecule has 1 amide bonds. The Morgan fingerprint density at radius 2 is 1.83 bits per heavy atom. The van der Waals surface area contributed by atoms with E-state index in [9.17, 15) is 14.7 Å². The van der Waals surface area contributed by atoms with Crippen LogP contribution in [-0.2, 0) is 9.59 Å². The van der Waals surface area contributed by atoms with E-state index in [0.29, 0.717) is 46.9 Å².